The van der Waals surface area contributed by atoms with Crippen LogP contribution in [-0.4, -0.2) is 19.5 Å². The highest BCUT2D eigenvalue weighted by Crippen LogP contribution is 2.50. The van der Waals surface area contributed by atoms with Crippen LogP contribution in [0, 0.1) is 0 Å². The number of benzene rings is 8. The average Bonchev–Trinajstić information content (AvgIpc) is 3.73. The molecule has 4 heteroatoms. The van der Waals surface area contributed by atoms with Crippen molar-refractivity contribution in [3.8, 4) is 51.0 Å². The lowest BCUT2D eigenvalue weighted by molar-refractivity contribution is 0.660. The number of aromatic nitrogens is 4. The Labute approximate surface area is 326 Å². The van der Waals surface area contributed by atoms with Crippen molar-refractivity contribution in [2.45, 2.75) is 33.1 Å². The van der Waals surface area contributed by atoms with Gasteiger partial charge in [0.1, 0.15) is 0 Å². The average molecular weight is 721 g/mol. The Morgan fingerprint density at radius 1 is 0.429 bits per heavy atom. The molecule has 0 N–H and O–H groups in total. The molecule has 0 radical (unpaired) electrons. The Bertz CT molecular complexity index is 3140. The normalized spacial score (nSPS) is 12.8. The van der Waals surface area contributed by atoms with Crippen LogP contribution in [0.2, 0.25) is 0 Å². The molecule has 10 aromatic rings. The van der Waals surface area contributed by atoms with Crippen LogP contribution in [0.5, 0.6) is 0 Å². The van der Waals surface area contributed by atoms with E-state index in [1.165, 1.54) is 43.8 Å². The number of fused-ring (bicyclic) bond motifs is 9. The molecule has 0 atom stereocenters. The van der Waals surface area contributed by atoms with Crippen LogP contribution in [0.25, 0.3) is 94.3 Å². The first kappa shape index (κ1) is 33.6. The smallest absolute Gasteiger partial charge is 0.238 e. The van der Waals surface area contributed by atoms with Crippen LogP contribution < -0.4 is 0 Å². The van der Waals surface area contributed by atoms with Gasteiger partial charge in [-0.2, -0.15) is 9.97 Å². The van der Waals surface area contributed by atoms with Crippen molar-refractivity contribution in [1.29, 1.82) is 0 Å². The molecule has 0 aliphatic heterocycles. The second-order valence-electron chi connectivity index (χ2n) is 14.9. The second-order valence-corrected chi connectivity index (χ2v) is 14.9. The van der Waals surface area contributed by atoms with Crippen molar-refractivity contribution in [1.82, 2.24) is 19.5 Å². The van der Waals surface area contributed by atoms with Crippen molar-refractivity contribution >= 4 is 43.4 Å². The first-order chi connectivity index (χ1) is 27.5. The van der Waals surface area contributed by atoms with Gasteiger partial charge in [0.05, 0.1) is 11.0 Å². The molecular formula is C52H40N4. The minimum Gasteiger partial charge on any atom is -0.277 e. The van der Waals surface area contributed by atoms with Crippen molar-refractivity contribution in [2.24, 2.45) is 0 Å². The summed E-state index contributed by atoms with van der Waals surface area (Å²) in [4.78, 5) is 15.8. The summed E-state index contributed by atoms with van der Waals surface area (Å²) in [5.74, 6) is 1.85. The molecule has 0 bridgehead atoms. The molecule has 0 saturated carbocycles. The third kappa shape index (κ3) is 5.17. The molecule has 0 fully saturated rings. The van der Waals surface area contributed by atoms with Gasteiger partial charge in [-0.3, -0.25) is 4.57 Å². The zero-order valence-electron chi connectivity index (χ0n) is 32.0. The quantitative estimate of drug-likeness (QED) is 0.182. The number of rotatable bonds is 4. The molecule has 4 nitrogen and oxygen atoms in total. The van der Waals surface area contributed by atoms with Crippen LogP contribution in [0.1, 0.15) is 38.8 Å². The van der Waals surface area contributed by atoms with Gasteiger partial charge < -0.3 is 0 Å². The van der Waals surface area contributed by atoms with Gasteiger partial charge in [-0.1, -0.05) is 179 Å². The molecular weight excluding hydrogens is 681 g/mol. The van der Waals surface area contributed by atoms with Crippen LogP contribution >= 0.6 is 0 Å². The standard InChI is InChI=1S/C50H34N4.C2H6/c1-50(2)42-22-11-10-19-39(42)41-30-35(25-27-43(41)50)38-20-12-21-40-45-37-18-9-8-14-32(37)26-28-44(45)54(46(38)40)49-52-47(33-15-4-3-5-16-33)51-48(53-49)36-24-23-31-13-6-7-17-34(31)29-36;1-2/h3-30H,1-2H3;1-2H3. The molecule has 1 aliphatic carbocycles. The highest BCUT2D eigenvalue weighted by Gasteiger charge is 2.35. The number of hydrogen-bond donors (Lipinski definition) is 0. The highest BCUT2D eigenvalue weighted by atomic mass is 15.2. The monoisotopic (exact) mass is 720 g/mol. The molecule has 1 aliphatic rings. The molecule has 2 heterocycles. The predicted octanol–water partition coefficient (Wildman–Crippen LogP) is 13.6. The first-order valence-corrected chi connectivity index (χ1v) is 19.5. The molecule has 0 spiro atoms. The number of nitrogens with zero attached hydrogens (tertiary/aromatic N) is 4. The van der Waals surface area contributed by atoms with Gasteiger partial charge in [0.25, 0.3) is 0 Å². The maximum Gasteiger partial charge on any atom is 0.238 e. The maximum atomic E-state index is 5.34. The van der Waals surface area contributed by atoms with E-state index in [0.29, 0.717) is 17.6 Å². The van der Waals surface area contributed by atoms with Crippen molar-refractivity contribution in [3.63, 3.8) is 0 Å². The number of hydrogen-bond acceptors (Lipinski definition) is 3. The van der Waals surface area contributed by atoms with E-state index >= 15 is 0 Å². The largest absolute Gasteiger partial charge is 0.277 e. The summed E-state index contributed by atoms with van der Waals surface area (Å²) >= 11 is 0. The molecule has 2 aromatic heterocycles. The Morgan fingerprint density at radius 3 is 1.89 bits per heavy atom. The van der Waals surface area contributed by atoms with E-state index in [1.807, 2.05) is 32.0 Å². The van der Waals surface area contributed by atoms with E-state index in [1.54, 1.807) is 0 Å². The fraction of sp³-hybridized carbons (Fsp3) is 0.0962. The zero-order valence-corrected chi connectivity index (χ0v) is 32.0. The van der Waals surface area contributed by atoms with Crippen molar-refractivity contribution in [2.75, 3.05) is 0 Å². The summed E-state index contributed by atoms with van der Waals surface area (Å²) in [5.41, 5.74) is 11.6. The van der Waals surface area contributed by atoms with Gasteiger partial charge in [-0.05, 0) is 67.6 Å². The second kappa shape index (κ2) is 13.1. The lowest BCUT2D eigenvalue weighted by Crippen LogP contribution is -2.14. The molecule has 0 saturated heterocycles. The summed E-state index contributed by atoms with van der Waals surface area (Å²) in [6.45, 7) is 8.67. The van der Waals surface area contributed by atoms with Gasteiger partial charge in [0.2, 0.25) is 5.95 Å². The van der Waals surface area contributed by atoms with E-state index in [9.17, 15) is 0 Å². The molecule has 8 aromatic carbocycles. The third-order valence-electron chi connectivity index (χ3n) is 11.4. The summed E-state index contributed by atoms with van der Waals surface area (Å²) in [6, 6.07) is 60.7. The van der Waals surface area contributed by atoms with E-state index in [0.717, 1.165) is 44.1 Å². The van der Waals surface area contributed by atoms with Crippen LogP contribution in [-0.2, 0) is 5.41 Å². The third-order valence-corrected chi connectivity index (χ3v) is 11.4. The lowest BCUT2D eigenvalue weighted by Gasteiger charge is -2.21. The van der Waals surface area contributed by atoms with Gasteiger partial charge in [0, 0.05) is 32.9 Å². The van der Waals surface area contributed by atoms with Gasteiger partial charge in [-0.15, -0.1) is 0 Å². The van der Waals surface area contributed by atoms with E-state index < -0.39 is 0 Å². The molecule has 11 rings (SSSR count). The Kier molecular flexibility index (Phi) is 7.89. The Morgan fingerprint density at radius 2 is 1.05 bits per heavy atom. The summed E-state index contributed by atoms with van der Waals surface area (Å²) in [6.07, 6.45) is 0. The predicted molar refractivity (Wildman–Crippen MR) is 234 cm³/mol. The van der Waals surface area contributed by atoms with E-state index in [2.05, 4.69) is 170 Å². The maximum absolute atomic E-state index is 5.34. The Balaban J connectivity index is 0.00000189. The topological polar surface area (TPSA) is 43.6 Å². The summed E-state index contributed by atoms with van der Waals surface area (Å²) in [5, 5.41) is 7.07. The van der Waals surface area contributed by atoms with Crippen molar-refractivity contribution < 1.29 is 0 Å². The molecule has 56 heavy (non-hydrogen) atoms. The molecule has 0 amide bonds. The lowest BCUT2D eigenvalue weighted by atomic mass is 9.82. The van der Waals surface area contributed by atoms with Crippen molar-refractivity contribution in [3.05, 3.63) is 181 Å². The SMILES string of the molecule is CC.CC1(C)c2ccccc2-c2cc(-c3cccc4c5c6ccccc6ccc5n(-c5nc(-c6ccccc6)nc(-c6ccc7ccccc7c6)n5)c34)ccc21. The van der Waals surface area contributed by atoms with E-state index in [4.69, 9.17) is 15.0 Å². The summed E-state index contributed by atoms with van der Waals surface area (Å²) in [7, 11) is 0. The van der Waals surface area contributed by atoms with E-state index in [-0.39, 0.29) is 5.41 Å². The highest BCUT2D eigenvalue weighted by molar-refractivity contribution is 6.23. The van der Waals surface area contributed by atoms with Gasteiger partial charge in [-0.25, -0.2) is 4.98 Å². The summed E-state index contributed by atoms with van der Waals surface area (Å²) < 4.78 is 2.27. The molecule has 0 unspecified atom stereocenters. The van der Waals surface area contributed by atoms with Crippen LogP contribution in [0.15, 0.2) is 170 Å². The molecule has 268 valence electrons. The first-order valence-electron chi connectivity index (χ1n) is 19.5. The Hall–Kier alpha value is -6.91. The minimum absolute atomic E-state index is 0.0673. The number of para-hydroxylation sites is 1. The fourth-order valence-electron chi connectivity index (χ4n) is 8.80. The van der Waals surface area contributed by atoms with Gasteiger partial charge >= 0.3 is 0 Å². The fourth-order valence-corrected chi connectivity index (χ4v) is 8.80. The van der Waals surface area contributed by atoms with Crippen LogP contribution in [0.3, 0.4) is 0 Å². The minimum atomic E-state index is -0.0673. The zero-order chi connectivity index (χ0) is 38.0. The van der Waals surface area contributed by atoms with Gasteiger partial charge in [0.15, 0.2) is 11.6 Å². The van der Waals surface area contributed by atoms with Crippen LogP contribution in [0.4, 0.5) is 0 Å².